The maximum Gasteiger partial charge on any atom is 0.230 e. The third-order valence-corrected chi connectivity index (χ3v) is 7.03. The van der Waals surface area contributed by atoms with Crippen molar-refractivity contribution in [3.8, 4) is 45.3 Å². The van der Waals surface area contributed by atoms with Crippen molar-refractivity contribution >= 4 is 0 Å². The molecule has 0 spiro atoms. The Morgan fingerprint density at radius 3 is 0.860 bits per heavy atom. The van der Waals surface area contributed by atoms with Gasteiger partial charge in [-0.15, -0.1) is 0 Å². The van der Waals surface area contributed by atoms with Gasteiger partial charge in [0.05, 0.1) is 0 Å². The van der Waals surface area contributed by atoms with Gasteiger partial charge in [-0.3, -0.25) is 0 Å². The van der Waals surface area contributed by atoms with Crippen molar-refractivity contribution in [2.75, 3.05) is 6.79 Å². The van der Waals surface area contributed by atoms with Gasteiger partial charge in [0.15, 0.2) is 0 Å². The van der Waals surface area contributed by atoms with Gasteiger partial charge >= 0.3 is 0 Å². The van der Waals surface area contributed by atoms with E-state index in [9.17, 15) is 0 Å². The van der Waals surface area contributed by atoms with Gasteiger partial charge in [0.2, 0.25) is 6.79 Å². The van der Waals surface area contributed by atoms with Crippen LogP contribution in [0.4, 0.5) is 0 Å². The predicted octanol–water partition coefficient (Wildman–Crippen LogP) is 9.59. The lowest BCUT2D eigenvalue weighted by atomic mass is 10.1. The average molecular weight is 565 g/mol. The number of hydrogen-bond acceptors (Lipinski definition) is 4. The number of benzene rings is 6. The summed E-state index contributed by atoms with van der Waals surface area (Å²) < 4.78 is 23.4. The van der Waals surface area contributed by atoms with Crippen LogP contribution in [0.5, 0.6) is 23.0 Å². The van der Waals surface area contributed by atoms with Crippen LogP contribution in [0.1, 0.15) is 11.1 Å². The van der Waals surface area contributed by atoms with Crippen molar-refractivity contribution in [3.63, 3.8) is 0 Å². The monoisotopic (exact) mass is 564 g/mol. The zero-order valence-electron chi connectivity index (χ0n) is 23.8. The molecule has 0 saturated carbocycles. The molecule has 6 aromatic rings. The van der Waals surface area contributed by atoms with Gasteiger partial charge in [-0.25, -0.2) is 0 Å². The highest BCUT2D eigenvalue weighted by Gasteiger charge is 2.04. The first-order valence-corrected chi connectivity index (χ1v) is 14.3. The maximum absolute atomic E-state index is 5.90. The molecule has 0 radical (unpaired) electrons. The molecular weight excluding hydrogens is 532 g/mol. The van der Waals surface area contributed by atoms with Crippen molar-refractivity contribution in [1.82, 2.24) is 0 Å². The predicted molar refractivity (Wildman–Crippen MR) is 171 cm³/mol. The first kappa shape index (κ1) is 27.7. The highest BCUT2D eigenvalue weighted by molar-refractivity contribution is 5.65. The highest BCUT2D eigenvalue weighted by Crippen LogP contribution is 2.27. The summed E-state index contributed by atoms with van der Waals surface area (Å²) >= 11 is 0. The third kappa shape index (κ3) is 7.84. The second-order valence-electron chi connectivity index (χ2n) is 10.1. The van der Waals surface area contributed by atoms with E-state index in [1.807, 2.05) is 109 Å². The summed E-state index contributed by atoms with van der Waals surface area (Å²) in [5.74, 6) is 3.19. The summed E-state index contributed by atoms with van der Waals surface area (Å²) in [7, 11) is 0. The number of rotatable bonds is 12. The Morgan fingerprint density at radius 2 is 0.558 bits per heavy atom. The van der Waals surface area contributed by atoms with Crippen molar-refractivity contribution < 1.29 is 18.9 Å². The first-order valence-electron chi connectivity index (χ1n) is 14.3. The fraction of sp³-hybridized carbons (Fsp3) is 0.0769. The van der Waals surface area contributed by atoms with Gasteiger partial charge in [0.25, 0.3) is 0 Å². The molecule has 0 aliphatic heterocycles. The molecule has 0 aliphatic carbocycles. The zero-order valence-corrected chi connectivity index (χ0v) is 23.8. The summed E-state index contributed by atoms with van der Waals surface area (Å²) in [5.41, 5.74) is 6.74. The Balaban J connectivity index is 0.951. The van der Waals surface area contributed by atoms with Gasteiger partial charge in [-0.1, -0.05) is 109 Å². The SMILES string of the molecule is c1ccc(COc2ccc(-c3ccc(OCOc4ccc(-c5ccc(OCc6ccccc6)cc5)cc4)cc3)cc2)cc1. The van der Waals surface area contributed by atoms with Crippen molar-refractivity contribution in [1.29, 1.82) is 0 Å². The molecule has 6 rings (SSSR count). The van der Waals surface area contributed by atoms with Crippen LogP contribution in [-0.4, -0.2) is 6.79 Å². The Labute approximate surface area is 252 Å². The van der Waals surface area contributed by atoms with Crippen LogP contribution in [0, 0.1) is 0 Å². The van der Waals surface area contributed by atoms with Crippen LogP contribution in [0.2, 0.25) is 0 Å². The van der Waals surface area contributed by atoms with E-state index in [0.717, 1.165) is 56.4 Å². The van der Waals surface area contributed by atoms with E-state index in [2.05, 4.69) is 48.5 Å². The average Bonchev–Trinajstić information content (AvgIpc) is 3.08. The normalized spacial score (nSPS) is 10.6. The maximum atomic E-state index is 5.90. The molecular formula is C39H32O4. The summed E-state index contributed by atoms with van der Waals surface area (Å²) in [6, 6.07) is 52.6. The Kier molecular flexibility index (Phi) is 8.96. The van der Waals surface area contributed by atoms with Crippen LogP contribution >= 0.6 is 0 Å². The van der Waals surface area contributed by atoms with Crippen LogP contribution in [0.15, 0.2) is 158 Å². The lowest BCUT2D eigenvalue weighted by Crippen LogP contribution is -2.05. The molecule has 0 amide bonds. The van der Waals surface area contributed by atoms with Gasteiger partial charge in [0.1, 0.15) is 36.2 Å². The van der Waals surface area contributed by atoms with E-state index in [0.29, 0.717) is 13.2 Å². The van der Waals surface area contributed by atoms with Crippen LogP contribution in [0.25, 0.3) is 22.3 Å². The Hall–Kier alpha value is -5.48. The van der Waals surface area contributed by atoms with Crippen molar-refractivity contribution in [2.24, 2.45) is 0 Å². The molecule has 4 nitrogen and oxygen atoms in total. The third-order valence-electron chi connectivity index (χ3n) is 7.03. The fourth-order valence-electron chi connectivity index (χ4n) is 4.62. The second kappa shape index (κ2) is 13.9. The van der Waals surface area contributed by atoms with E-state index >= 15 is 0 Å². The van der Waals surface area contributed by atoms with E-state index in [-0.39, 0.29) is 6.79 Å². The Morgan fingerprint density at radius 1 is 0.279 bits per heavy atom. The lowest BCUT2D eigenvalue weighted by molar-refractivity contribution is 0.120. The highest BCUT2D eigenvalue weighted by atomic mass is 16.7. The van der Waals surface area contributed by atoms with Gasteiger partial charge in [-0.2, -0.15) is 0 Å². The second-order valence-corrected chi connectivity index (χ2v) is 10.1. The van der Waals surface area contributed by atoms with Gasteiger partial charge < -0.3 is 18.9 Å². The Bertz CT molecular complexity index is 1550. The molecule has 0 aromatic heterocycles. The first-order chi connectivity index (χ1) is 21.3. The minimum Gasteiger partial charge on any atom is -0.489 e. The minimum absolute atomic E-state index is 0.125. The molecule has 0 saturated heterocycles. The summed E-state index contributed by atoms with van der Waals surface area (Å²) in [5, 5.41) is 0. The van der Waals surface area contributed by atoms with Crippen molar-refractivity contribution in [3.05, 3.63) is 169 Å². The fourth-order valence-corrected chi connectivity index (χ4v) is 4.62. The van der Waals surface area contributed by atoms with E-state index < -0.39 is 0 Å². The topological polar surface area (TPSA) is 36.9 Å². The molecule has 0 fully saturated rings. The van der Waals surface area contributed by atoms with Gasteiger partial charge in [0, 0.05) is 0 Å². The van der Waals surface area contributed by atoms with Gasteiger partial charge in [-0.05, 0) is 81.9 Å². The smallest absolute Gasteiger partial charge is 0.230 e. The van der Waals surface area contributed by atoms with E-state index in [1.165, 1.54) is 0 Å². The minimum atomic E-state index is 0.125. The van der Waals surface area contributed by atoms with E-state index in [1.54, 1.807) is 0 Å². The van der Waals surface area contributed by atoms with Crippen LogP contribution < -0.4 is 18.9 Å². The van der Waals surface area contributed by atoms with Crippen molar-refractivity contribution in [2.45, 2.75) is 13.2 Å². The molecule has 0 aliphatic rings. The molecule has 0 N–H and O–H groups in total. The number of hydrogen-bond donors (Lipinski definition) is 0. The summed E-state index contributed by atoms with van der Waals surface area (Å²) in [4.78, 5) is 0. The zero-order chi connectivity index (χ0) is 29.1. The molecule has 6 aromatic carbocycles. The summed E-state index contributed by atoms with van der Waals surface area (Å²) in [6.07, 6.45) is 0. The number of ether oxygens (including phenoxy) is 4. The molecule has 212 valence electrons. The van der Waals surface area contributed by atoms with E-state index in [4.69, 9.17) is 18.9 Å². The molecule has 0 bridgehead atoms. The quantitative estimate of drug-likeness (QED) is 0.139. The molecule has 43 heavy (non-hydrogen) atoms. The molecule has 0 atom stereocenters. The van der Waals surface area contributed by atoms with Crippen LogP contribution in [0.3, 0.4) is 0 Å². The molecule has 0 unspecified atom stereocenters. The standard InChI is InChI=1S/C39H32O4/c1-3-7-30(8-4-1)27-40-36-19-11-32(12-20-36)34-15-23-38(24-16-34)42-29-43-39-25-17-35(18-26-39)33-13-21-37(22-14-33)41-28-31-9-5-2-6-10-31/h1-26H,27-29H2. The molecule has 4 heteroatoms. The lowest BCUT2D eigenvalue weighted by Gasteiger charge is -2.11. The van der Waals surface area contributed by atoms with Crippen LogP contribution in [-0.2, 0) is 13.2 Å². The molecule has 0 heterocycles. The summed E-state index contributed by atoms with van der Waals surface area (Å²) in [6.45, 7) is 1.23. The largest absolute Gasteiger partial charge is 0.489 e.